The molecule has 1 aliphatic rings. The van der Waals surface area contributed by atoms with E-state index in [0.29, 0.717) is 0 Å². The van der Waals surface area contributed by atoms with Gasteiger partial charge in [-0.2, -0.15) is 0 Å². The topological polar surface area (TPSA) is 52.5 Å². The average Bonchev–Trinajstić information content (AvgIpc) is 2.48. The van der Waals surface area contributed by atoms with E-state index in [1.165, 1.54) is 0 Å². The average molecular weight is 255 g/mol. The highest BCUT2D eigenvalue weighted by Crippen LogP contribution is 2.37. The fourth-order valence-corrected chi connectivity index (χ4v) is 2.67. The first-order chi connectivity index (χ1) is 9.27. The molecule has 1 atom stereocenters. The van der Waals surface area contributed by atoms with Crippen molar-refractivity contribution < 1.29 is 10.2 Å². The van der Waals surface area contributed by atoms with Crippen molar-refractivity contribution >= 4 is 5.69 Å². The van der Waals surface area contributed by atoms with Gasteiger partial charge in [0.2, 0.25) is 0 Å². The number of aliphatic hydroxyl groups excluding tert-OH is 1. The van der Waals surface area contributed by atoms with Crippen LogP contribution in [0.5, 0.6) is 5.75 Å². The number of aliphatic hydroxyl groups is 1. The third-order valence-corrected chi connectivity index (χ3v) is 3.64. The predicted molar refractivity (Wildman–Crippen MR) is 75.4 cm³/mol. The number of anilines is 1. The minimum atomic E-state index is -0.643. The van der Waals surface area contributed by atoms with E-state index in [-0.39, 0.29) is 5.75 Å². The van der Waals surface area contributed by atoms with Crippen LogP contribution in [0.15, 0.2) is 42.5 Å². The van der Waals surface area contributed by atoms with Crippen molar-refractivity contribution in [1.82, 2.24) is 0 Å². The molecule has 0 aliphatic carbocycles. The van der Waals surface area contributed by atoms with Crippen molar-refractivity contribution in [3.05, 3.63) is 59.2 Å². The normalized spacial score (nSPS) is 15.4. The van der Waals surface area contributed by atoms with Crippen molar-refractivity contribution in [3.8, 4) is 5.75 Å². The standard InChI is InChI=1S/C16H17NO2/c18-14-9-8-13(12-7-4-10-17-15(12)14)16(19)11-5-2-1-3-6-11/h1-3,5-6,8-9,16-19H,4,7,10H2. The molecule has 2 aromatic carbocycles. The number of phenolic OH excluding ortho intramolecular Hbond substituents is 1. The summed E-state index contributed by atoms with van der Waals surface area (Å²) in [7, 11) is 0. The van der Waals surface area contributed by atoms with E-state index in [4.69, 9.17) is 0 Å². The van der Waals surface area contributed by atoms with Crippen LogP contribution in [-0.2, 0) is 6.42 Å². The highest BCUT2D eigenvalue weighted by molar-refractivity contribution is 5.66. The maximum absolute atomic E-state index is 10.5. The van der Waals surface area contributed by atoms with Crippen LogP contribution >= 0.6 is 0 Å². The molecule has 1 heterocycles. The van der Waals surface area contributed by atoms with Crippen LogP contribution in [0.4, 0.5) is 5.69 Å². The summed E-state index contributed by atoms with van der Waals surface area (Å²) in [5, 5.41) is 23.6. The molecule has 0 aromatic heterocycles. The molecule has 0 saturated carbocycles. The van der Waals surface area contributed by atoms with Crippen LogP contribution in [-0.4, -0.2) is 16.8 Å². The predicted octanol–water partition coefficient (Wildman–Crippen LogP) is 2.83. The van der Waals surface area contributed by atoms with Crippen LogP contribution in [0.2, 0.25) is 0 Å². The monoisotopic (exact) mass is 255 g/mol. The third kappa shape index (κ3) is 2.17. The molecule has 0 fully saturated rings. The number of hydrogen-bond donors (Lipinski definition) is 3. The molecule has 0 amide bonds. The van der Waals surface area contributed by atoms with Crippen molar-refractivity contribution in [2.24, 2.45) is 0 Å². The van der Waals surface area contributed by atoms with Gasteiger partial charge in [0.1, 0.15) is 11.9 Å². The Bertz CT molecular complexity index is 581. The SMILES string of the molecule is Oc1ccc(C(O)c2ccccc2)c2c1NCCC2. The smallest absolute Gasteiger partial charge is 0.138 e. The highest BCUT2D eigenvalue weighted by Gasteiger charge is 2.21. The molecule has 19 heavy (non-hydrogen) atoms. The van der Waals surface area contributed by atoms with Gasteiger partial charge in [-0.05, 0) is 35.6 Å². The van der Waals surface area contributed by atoms with Gasteiger partial charge in [0, 0.05) is 6.54 Å². The molecule has 3 N–H and O–H groups in total. The Morgan fingerprint density at radius 2 is 1.84 bits per heavy atom. The Kier molecular flexibility index (Phi) is 3.13. The van der Waals surface area contributed by atoms with Gasteiger partial charge in [-0.3, -0.25) is 0 Å². The highest BCUT2D eigenvalue weighted by atomic mass is 16.3. The summed E-state index contributed by atoms with van der Waals surface area (Å²) < 4.78 is 0. The second-order valence-corrected chi connectivity index (χ2v) is 4.87. The van der Waals surface area contributed by atoms with Crippen LogP contribution in [0.3, 0.4) is 0 Å². The zero-order valence-electron chi connectivity index (χ0n) is 10.6. The Labute approximate surface area is 112 Å². The van der Waals surface area contributed by atoms with Gasteiger partial charge in [-0.15, -0.1) is 0 Å². The van der Waals surface area contributed by atoms with Crippen LogP contribution in [0.1, 0.15) is 29.2 Å². The molecule has 3 heteroatoms. The molecule has 0 saturated heterocycles. The number of aromatic hydroxyl groups is 1. The maximum Gasteiger partial charge on any atom is 0.138 e. The summed E-state index contributed by atoms with van der Waals surface area (Å²) in [6, 6.07) is 13.1. The summed E-state index contributed by atoms with van der Waals surface area (Å²) in [5.41, 5.74) is 3.56. The molecule has 3 rings (SSSR count). The van der Waals surface area contributed by atoms with Gasteiger partial charge in [0.05, 0.1) is 5.69 Å². The first-order valence-corrected chi connectivity index (χ1v) is 6.59. The molecule has 3 nitrogen and oxygen atoms in total. The van der Waals surface area contributed by atoms with E-state index in [2.05, 4.69) is 5.32 Å². The van der Waals surface area contributed by atoms with Crippen LogP contribution in [0, 0.1) is 0 Å². The lowest BCUT2D eigenvalue weighted by molar-refractivity contribution is 0.219. The molecular formula is C16H17NO2. The molecule has 2 aromatic rings. The zero-order valence-corrected chi connectivity index (χ0v) is 10.6. The molecule has 0 radical (unpaired) electrons. The van der Waals surface area contributed by atoms with Gasteiger partial charge in [0.25, 0.3) is 0 Å². The summed E-state index contributed by atoms with van der Waals surface area (Å²) in [6.45, 7) is 0.867. The first kappa shape index (κ1) is 12.1. The zero-order chi connectivity index (χ0) is 13.2. The summed E-state index contributed by atoms with van der Waals surface area (Å²) >= 11 is 0. The Hall–Kier alpha value is -2.00. The Balaban J connectivity index is 2.06. The minimum Gasteiger partial charge on any atom is -0.506 e. The summed E-state index contributed by atoms with van der Waals surface area (Å²) in [4.78, 5) is 0. The van der Waals surface area contributed by atoms with Crippen molar-refractivity contribution in [1.29, 1.82) is 0 Å². The van der Waals surface area contributed by atoms with Crippen molar-refractivity contribution in [3.63, 3.8) is 0 Å². The number of phenols is 1. The number of rotatable bonds is 2. The largest absolute Gasteiger partial charge is 0.506 e. The molecule has 1 unspecified atom stereocenters. The van der Waals surface area contributed by atoms with Crippen molar-refractivity contribution in [2.75, 3.05) is 11.9 Å². The fourth-order valence-electron chi connectivity index (χ4n) is 2.67. The molecule has 0 bridgehead atoms. The second kappa shape index (κ2) is 4.94. The van der Waals surface area contributed by atoms with Gasteiger partial charge >= 0.3 is 0 Å². The van der Waals surface area contributed by atoms with Crippen LogP contribution in [0.25, 0.3) is 0 Å². The van der Waals surface area contributed by atoms with E-state index in [1.807, 2.05) is 36.4 Å². The minimum absolute atomic E-state index is 0.263. The maximum atomic E-state index is 10.5. The van der Waals surface area contributed by atoms with Gasteiger partial charge in [-0.25, -0.2) is 0 Å². The summed E-state index contributed by atoms with van der Waals surface area (Å²) in [5.74, 6) is 0.263. The van der Waals surface area contributed by atoms with E-state index in [9.17, 15) is 10.2 Å². The van der Waals surface area contributed by atoms with E-state index < -0.39 is 6.10 Å². The number of nitrogens with one attached hydrogen (secondary N) is 1. The lowest BCUT2D eigenvalue weighted by Crippen LogP contribution is -2.15. The Morgan fingerprint density at radius 1 is 1.05 bits per heavy atom. The van der Waals surface area contributed by atoms with Gasteiger partial charge in [0.15, 0.2) is 0 Å². The number of hydrogen-bond acceptors (Lipinski definition) is 3. The molecule has 98 valence electrons. The Morgan fingerprint density at radius 3 is 2.63 bits per heavy atom. The first-order valence-electron chi connectivity index (χ1n) is 6.59. The van der Waals surface area contributed by atoms with E-state index in [0.717, 1.165) is 41.8 Å². The second-order valence-electron chi connectivity index (χ2n) is 4.87. The third-order valence-electron chi connectivity index (χ3n) is 3.64. The molecule has 1 aliphatic heterocycles. The fraction of sp³-hybridized carbons (Fsp3) is 0.250. The van der Waals surface area contributed by atoms with E-state index in [1.54, 1.807) is 6.07 Å². The lowest BCUT2D eigenvalue weighted by atomic mass is 9.91. The number of benzene rings is 2. The molecule has 0 spiro atoms. The van der Waals surface area contributed by atoms with Gasteiger partial charge in [-0.1, -0.05) is 36.4 Å². The number of fused-ring (bicyclic) bond motifs is 1. The van der Waals surface area contributed by atoms with Crippen molar-refractivity contribution in [2.45, 2.75) is 18.9 Å². The quantitative estimate of drug-likeness (QED) is 0.723. The molecular weight excluding hydrogens is 238 g/mol. The van der Waals surface area contributed by atoms with Crippen LogP contribution < -0.4 is 5.32 Å². The summed E-state index contributed by atoms with van der Waals surface area (Å²) in [6.07, 6.45) is 1.26. The van der Waals surface area contributed by atoms with E-state index >= 15 is 0 Å². The van der Waals surface area contributed by atoms with Gasteiger partial charge < -0.3 is 15.5 Å². The lowest BCUT2D eigenvalue weighted by Gasteiger charge is -2.24.